The summed E-state index contributed by atoms with van der Waals surface area (Å²) >= 11 is 0. The van der Waals surface area contributed by atoms with Crippen molar-refractivity contribution in [2.24, 2.45) is 5.92 Å². The van der Waals surface area contributed by atoms with Crippen LogP contribution in [0.5, 0.6) is 0 Å². The first-order valence-corrected chi connectivity index (χ1v) is 7.54. The molecule has 110 valence electrons. The van der Waals surface area contributed by atoms with E-state index in [2.05, 4.69) is 10.2 Å². The van der Waals surface area contributed by atoms with Gasteiger partial charge in [-0.25, -0.2) is 0 Å². The van der Waals surface area contributed by atoms with Gasteiger partial charge in [0.15, 0.2) is 0 Å². The van der Waals surface area contributed by atoms with E-state index in [1.165, 1.54) is 0 Å². The van der Waals surface area contributed by atoms with E-state index in [9.17, 15) is 9.90 Å². The maximum absolute atomic E-state index is 11.7. The topological polar surface area (TPSA) is 55.8 Å². The maximum Gasteiger partial charge on any atom is 0.236 e. The predicted octanol–water partition coefficient (Wildman–Crippen LogP) is -0.0989. The lowest BCUT2D eigenvalue weighted by atomic mass is 9.96. The molecule has 2 N–H and O–H groups in total. The van der Waals surface area contributed by atoms with Crippen LogP contribution in [0.2, 0.25) is 0 Å². The number of likely N-dealkylation sites (tertiary alicyclic amines) is 2. The third kappa shape index (κ3) is 4.75. The molecule has 0 aliphatic carbocycles. The summed E-state index contributed by atoms with van der Waals surface area (Å²) in [6, 6.07) is 0. The quantitative estimate of drug-likeness (QED) is 0.707. The summed E-state index contributed by atoms with van der Waals surface area (Å²) in [5.74, 6) is 0.923. The first-order chi connectivity index (χ1) is 9.15. The molecule has 1 amide bonds. The third-order valence-corrected chi connectivity index (χ3v) is 4.15. The maximum atomic E-state index is 11.7. The number of carbonyl (C=O) groups excluding carboxylic acids is 1. The summed E-state index contributed by atoms with van der Waals surface area (Å²) < 4.78 is 0. The Morgan fingerprint density at radius 2 is 2.00 bits per heavy atom. The van der Waals surface area contributed by atoms with Crippen LogP contribution in [0.15, 0.2) is 0 Å². The molecule has 0 saturated carbocycles. The average molecular weight is 269 g/mol. The summed E-state index contributed by atoms with van der Waals surface area (Å²) in [6.07, 6.45) is 3.26. The van der Waals surface area contributed by atoms with Gasteiger partial charge >= 0.3 is 0 Å². The number of hydrogen-bond donors (Lipinski definition) is 2. The Balaban J connectivity index is 1.54. The zero-order valence-corrected chi connectivity index (χ0v) is 12.0. The number of nitrogens with zero attached hydrogens (tertiary/aromatic N) is 2. The van der Waals surface area contributed by atoms with Gasteiger partial charge in [-0.15, -0.1) is 0 Å². The zero-order chi connectivity index (χ0) is 13.7. The van der Waals surface area contributed by atoms with E-state index in [1.807, 2.05) is 11.8 Å². The summed E-state index contributed by atoms with van der Waals surface area (Å²) in [6.45, 7) is 8.09. The van der Waals surface area contributed by atoms with Gasteiger partial charge in [0.2, 0.25) is 5.91 Å². The fourth-order valence-corrected chi connectivity index (χ4v) is 2.81. The van der Waals surface area contributed by atoms with Crippen molar-refractivity contribution in [3.63, 3.8) is 0 Å². The van der Waals surface area contributed by atoms with Crippen molar-refractivity contribution in [3.05, 3.63) is 0 Å². The second-order valence-electron chi connectivity index (χ2n) is 5.96. The molecular formula is C14H27N3O2. The second kappa shape index (κ2) is 7.22. The molecule has 0 aromatic heterocycles. The highest BCUT2D eigenvalue weighted by Crippen LogP contribution is 2.16. The minimum absolute atomic E-state index is 0.233. The van der Waals surface area contributed by atoms with Crippen molar-refractivity contribution in [1.29, 1.82) is 0 Å². The van der Waals surface area contributed by atoms with Crippen LogP contribution >= 0.6 is 0 Å². The van der Waals surface area contributed by atoms with Gasteiger partial charge in [-0.3, -0.25) is 4.79 Å². The lowest BCUT2D eigenvalue weighted by molar-refractivity contribution is -0.133. The zero-order valence-electron chi connectivity index (χ0n) is 12.0. The molecule has 0 unspecified atom stereocenters. The number of piperidine rings is 1. The van der Waals surface area contributed by atoms with Gasteiger partial charge in [0.05, 0.1) is 12.6 Å². The number of nitrogens with one attached hydrogen (secondary N) is 1. The van der Waals surface area contributed by atoms with E-state index in [0.29, 0.717) is 12.5 Å². The minimum Gasteiger partial charge on any atom is -0.392 e. The van der Waals surface area contributed by atoms with E-state index in [4.69, 9.17) is 0 Å². The van der Waals surface area contributed by atoms with E-state index in [-0.39, 0.29) is 12.0 Å². The Morgan fingerprint density at radius 1 is 1.32 bits per heavy atom. The van der Waals surface area contributed by atoms with E-state index >= 15 is 0 Å². The Kier molecular flexibility index (Phi) is 5.60. The molecule has 0 aromatic carbocycles. The highest BCUT2D eigenvalue weighted by molar-refractivity contribution is 5.78. The molecule has 5 nitrogen and oxygen atoms in total. The molecule has 5 heteroatoms. The van der Waals surface area contributed by atoms with Crippen molar-refractivity contribution in [3.8, 4) is 0 Å². The van der Waals surface area contributed by atoms with Crippen molar-refractivity contribution in [2.75, 3.05) is 45.8 Å². The van der Waals surface area contributed by atoms with Gasteiger partial charge in [0.1, 0.15) is 0 Å². The van der Waals surface area contributed by atoms with Crippen LogP contribution in [0, 0.1) is 5.92 Å². The standard InChI is InChI=1S/C14H27N3O2/c1-12(18)11-16-7-3-13(4-8-16)9-15-10-14(19)17-5-2-6-17/h12-13,15,18H,2-11H2,1H3/t12-/m0/s1. The Bertz CT molecular complexity index is 284. The number of carbonyl (C=O) groups is 1. The number of aliphatic hydroxyl groups is 1. The van der Waals surface area contributed by atoms with Gasteiger partial charge in [0, 0.05) is 19.6 Å². The SMILES string of the molecule is C[C@H](O)CN1CCC(CNCC(=O)N2CCC2)CC1. The first-order valence-electron chi connectivity index (χ1n) is 7.54. The molecule has 2 fully saturated rings. The highest BCUT2D eigenvalue weighted by atomic mass is 16.3. The number of β-amino-alcohol motifs (C(OH)–C–C–N with tert-alkyl or cyclic N) is 1. The normalized spacial score (nSPS) is 23.2. The lowest BCUT2D eigenvalue weighted by Crippen LogP contribution is -2.47. The largest absolute Gasteiger partial charge is 0.392 e. The lowest BCUT2D eigenvalue weighted by Gasteiger charge is -2.33. The fraction of sp³-hybridized carbons (Fsp3) is 0.929. The van der Waals surface area contributed by atoms with Crippen LogP contribution in [-0.4, -0.2) is 72.7 Å². The molecule has 19 heavy (non-hydrogen) atoms. The molecule has 0 spiro atoms. The van der Waals surface area contributed by atoms with Gasteiger partial charge in [-0.05, 0) is 51.7 Å². The molecular weight excluding hydrogens is 242 g/mol. The molecule has 2 aliphatic heterocycles. The molecule has 2 heterocycles. The van der Waals surface area contributed by atoms with E-state index in [0.717, 1.165) is 58.5 Å². The van der Waals surface area contributed by atoms with Gasteiger partial charge in [-0.1, -0.05) is 0 Å². The molecule has 0 radical (unpaired) electrons. The number of aliphatic hydroxyl groups excluding tert-OH is 1. The van der Waals surface area contributed by atoms with Crippen LogP contribution in [0.25, 0.3) is 0 Å². The van der Waals surface area contributed by atoms with Crippen molar-refractivity contribution < 1.29 is 9.90 Å². The van der Waals surface area contributed by atoms with Crippen molar-refractivity contribution in [1.82, 2.24) is 15.1 Å². The predicted molar refractivity (Wildman–Crippen MR) is 74.9 cm³/mol. The van der Waals surface area contributed by atoms with Crippen LogP contribution in [0.1, 0.15) is 26.2 Å². The Labute approximate surface area is 115 Å². The fourth-order valence-electron chi connectivity index (χ4n) is 2.81. The minimum atomic E-state index is -0.233. The van der Waals surface area contributed by atoms with E-state index in [1.54, 1.807) is 0 Å². The van der Waals surface area contributed by atoms with Crippen LogP contribution in [0.3, 0.4) is 0 Å². The van der Waals surface area contributed by atoms with Crippen LogP contribution in [0.4, 0.5) is 0 Å². The number of rotatable bonds is 6. The van der Waals surface area contributed by atoms with Crippen LogP contribution in [-0.2, 0) is 4.79 Å². The molecule has 2 aliphatic rings. The number of hydrogen-bond acceptors (Lipinski definition) is 4. The number of amides is 1. The van der Waals surface area contributed by atoms with Crippen LogP contribution < -0.4 is 5.32 Å². The average Bonchev–Trinajstić information content (AvgIpc) is 2.28. The summed E-state index contributed by atoms with van der Waals surface area (Å²) in [5.41, 5.74) is 0. The molecule has 2 saturated heterocycles. The third-order valence-electron chi connectivity index (χ3n) is 4.15. The van der Waals surface area contributed by atoms with Gasteiger partial charge in [-0.2, -0.15) is 0 Å². The smallest absolute Gasteiger partial charge is 0.236 e. The van der Waals surface area contributed by atoms with Crippen molar-refractivity contribution >= 4 is 5.91 Å². The van der Waals surface area contributed by atoms with Gasteiger partial charge in [0.25, 0.3) is 0 Å². The van der Waals surface area contributed by atoms with Gasteiger partial charge < -0.3 is 20.2 Å². The second-order valence-corrected chi connectivity index (χ2v) is 5.96. The first kappa shape index (κ1) is 14.8. The summed E-state index contributed by atoms with van der Waals surface area (Å²) in [7, 11) is 0. The summed E-state index contributed by atoms with van der Waals surface area (Å²) in [4.78, 5) is 15.9. The Hall–Kier alpha value is -0.650. The molecule has 0 aromatic rings. The molecule has 1 atom stereocenters. The monoisotopic (exact) mass is 269 g/mol. The van der Waals surface area contributed by atoms with E-state index < -0.39 is 0 Å². The molecule has 0 bridgehead atoms. The molecule has 2 rings (SSSR count). The Morgan fingerprint density at radius 3 is 2.53 bits per heavy atom. The van der Waals surface area contributed by atoms with Crippen molar-refractivity contribution in [2.45, 2.75) is 32.3 Å². The summed E-state index contributed by atoms with van der Waals surface area (Å²) in [5, 5.41) is 12.7. The highest BCUT2D eigenvalue weighted by Gasteiger charge is 2.22.